The molecule has 3 aliphatic rings. The van der Waals surface area contributed by atoms with Gasteiger partial charge in [-0.3, -0.25) is 0 Å². The van der Waals surface area contributed by atoms with Crippen LogP contribution in [0.5, 0.6) is 0 Å². The highest BCUT2D eigenvalue weighted by Gasteiger charge is 2.50. The van der Waals surface area contributed by atoms with E-state index in [0.29, 0.717) is 0 Å². The molecule has 13 heavy (non-hydrogen) atoms. The second-order valence-electron chi connectivity index (χ2n) is 5.25. The zero-order valence-corrected chi connectivity index (χ0v) is 8.63. The number of rotatable bonds is 1. The van der Waals surface area contributed by atoms with E-state index in [0.717, 1.165) is 23.7 Å². The number of allylic oxidation sites excluding steroid dienone is 2. The van der Waals surface area contributed by atoms with Crippen molar-refractivity contribution in [2.24, 2.45) is 23.7 Å². The van der Waals surface area contributed by atoms with Crippen LogP contribution in [0.3, 0.4) is 0 Å². The van der Waals surface area contributed by atoms with E-state index in [2.05, 4.69) is 13.0 Å². The van der Waals surface area contributed by atoms with Gasteiger partial charge in [-0.25, -0.2) is 0 Å². The van der Waals surface area contributed by atoms with Crippen LogP contribution in [0.4, 0.5) is 0 Å². The molecule has 0 aromatic heterocycles. The van der Waals surface area contributed by atoms with Crippen LogP contribution in [0.15, 0.2) is 11.6 Å². The van der Waals surface area contributed by atoms with E-state index in [4.69, 9.17) is 0 Å². The summed E-state index contributed by atoms with van der Waals surface area (Å²) >= 11 is 0. The van der Waals surface area contributed by atoms with Crippen LogP contribution < -0.4 is 0 Å². The van der Waals surface area contributed by atoms with Crippen molar-refractivity contribution >= 4 is 0 Å². The molecule has 0 heteroatoms. The maximum Gasteiger partial charge on any atom is -0.0144 e. The zero-order valence-electron chi connectivity index (χ0n) is 8.63. The molecule has 0 amide bonds. The van der Waals surface area contributed by atoms with E-state index in [1.165, 1.54) is 19.3 Å². The molecule has 3 fully saturated rings. The maximum absolute atomic E-state index is 2.53. The minimum Gasteiger partial charge on any atom is -0.0853 e. The Kier molecular flexibility index (Phi) is 1.78. The Bertz CT molecular complexity index is 238. The summed E-state index contributed by atoms with van der Waals surface area (Å²) in [4.78, 5) is 0. The molecule has 0 unspecified atom stereocenters. The molecule has 3 rings (SSSR count). The van der Waals surface area contributed by atoms with Gasteiger partial charge in [0, 0.05) is 0 Å². The van der Waals surface area contributed by atoms with Gasteiger partial charge in [-0.15, -0.1) is 0 Å². The van der Waals surface area contributed by atoms with Crippen LogP contribution in [-0.2, 0) is 0 Å². The van der Waals surface area contributed by atoms with Gasteiger partial charge in [0.15, 0.2) is 0 Å². The van der Waals surface area contributed by atoms with Gasteiger partial charge in [0.2, 0.25) is 0 Å². The first-order chi connectivity index (χ1) is 6.40. The lowest BCUT2D eigenvalue weighted by Crippen LogP contribution is -2.17. The molecule has 0 aromatic rings. The molecule has 72 valence electrons. The van der Waals surface area contributed by atoms with Gasteiger partial charge in [0.25, 0.3) is 0 Å². The number of hydrogen-bond acceptors (Lipinski definition) is 0. The Morgan fingerprint density at radius 2 is 2.08 bits per heavy atom. The molecule has 4 atom stereocenters. The summed E-state index contributed by atoms with van der Waals surface area (Å²) in [5, 5.41) is 0. The van der Waals surface area contributed by atoms with Gasteiger partial charge in [-0.2, -0.15) is 0 Å². The lowest BCUT2D eigenvalue weighted by molar-refractivity contribution is 0.283. The molecule has 0 N–H and O–H groups in total. The fourth-order valence-corrected chi connectivity index (χ4v) is 4.40. The smallest absolute Gasteiger partial charge is 0.0144 e. The quantitative estimate of drug-likeness (QED) is 0.533. The third-order valence-corrected chi connectivity index (χ3v) is 4.75. The molecule has 0 heterocycles. The Balaban J connectivity index is 1.87. The van der Waals surface area contributed by atoms with Crippen molar-refractivity contribution in [2.75, 3.05) is 0 Å². The van der Waals surface area contributed by atoms with Crippen LogP contribution >= 0.6 is 0 Å². The molecular weight excluding hydrogens is 156 g/mol. The van der Waals surface area contributed by atoms with Crippen LogP contribution in [0.2, 0.25) is 0 Å². The summed E-state index contributed by atoms with van der Waals surface area (Å²) in [6.07, 6.45) is 11.4. The van der Waals surface area contributed by atoms with Gasteiger partial charge in [-0.1, -0.05) is 18.6 Å². The van der Waals surface area contributed by atoms with Gasteiger partial charge in [0.1, 0.15) is 0 Å². The second-order valence-corrected chi connectivity index (χ2v) is 5.25. The van der Waals surface area contributed by atoms with E-state index < -0.39 is 0 Å². The minimum atomic E-state index is 1.05. The summed E-state index contributed by atoms with van der Waals surface area (Å²) in [6, 6.07) is 0. The minimum absolute atomic E-state index is 1.05. The highest BCUT2D eigenvalue weighted by molar-refractivity contribution is 5.20. The van der Waals surface area contributed by atoms with E-state index in [-0.39, 0.29) is 0 Å². The van der Waals surface area contributed by atoms with Crippen LogP contribution in [0.1, 0.15) is 45.4 Å². The predicted molar refractivity (Wildman–Crippen MR) is 55.4 cm³/mol. The molecule has 3 aliphatic carbocycles. The standard InChI is InChI=1S/C13H20/c1-2-3-9-6-7-12-10-4-5-11(8-10)13(9)12/h3,10-13H,2,4-8H2,1H3/b9-3+/t10-,11-,12-,13-/m1/s1. The molecule has 3 saturated carbocycles. The Morgan fingerprint density at radius 1 is 1.23 bits per heavy atom. The molecule has 0 aromatic carbocycles. The normalized spacial score (nSPS) is 50.4. The first kappa shape index (κ1) is 8.08. The summed E-state index contributed by atoms with van der Waals surface area (Å²) < 4.78 is 0. The van der Waals surface area contributed by atoms with Crippen molar-refractivity contribution in [1.29, 1.82) is 0 Å². The van der Waals surface area contributed by atoms with Crippen molar-refractivity contribution in [1.82, 2.24) is 0 Å². The van der Waals surface area contributed by atoms with E-state index in [1.54, 1.807) is 19.3 Å². The average Bonchev–Trinajstić information content (AvgIpc) is 2.74. The first-order valence-electron chi connectivity index (χ1n) is 6.09. The molecule has 0 aliphatic heterocycles. The van der Waals surface area contributed by atoms with Crippen LogP contribution in [0, 0.1) is 23.7 Å². The molecule has 0 nitrogen and oxygen atoms in total. The summed E-state index contributed by atoms with van der Waals surface area (Å²) in [7, 11) is 0. The van der Waals surface area contributed by atoms with Crippen molar-refractivity contribution in [3.8, 4) is 0 Å². The van der Waals surface area contributed by atoms with E-state index >= 15 is 0 Å². The Morgan fingerprint density at radius 3 is 2.92 bits per heavy atom. The van der Waals surface area contributed by atoms with Crippen LogP contribution in [0.25, 0.3) is 0 Å². The van der Waals surface area contributed by atoms with Gasteiger partial charge in [-0.05, 0) is 62.2 Å². The van der Waals surface area contributed by atoms with E-state index in [9.17, 15) is 0 Å². The summed E-state index contributed by atoms with van der Waals surface area (Å²) in [5.74, 6) is 4.42. The molecular formula is C13H20. The van der Waals surface area contributed by atoms with Crippen molar-refractivity contribution in [3.05, 3.63) is 11.6 Å². The summed E-state index contributed by atoms with van der Waals surface area (Å²) in [5.41, 5.74) is 1.85. The number of hydrogen-bond donors (Lipinski definition) is 0. The number of fused-ring (bicyclic) bond motifs is 5. The van der Waals surface area contributed by atoms with E-state index in [1.807, 2.05) is 5.57 Å². The highest BCUT2D eigenvalue weighted by atomic mass is 14.6. The maximum atomic E-state index is 2.53. The third kappa shape index (κ3) is 1.04. The summed E-state index contributed by atoms with van der Waals surface area (Å²) in [6.45, 7) is 2.29. The Labute approximate surface area is 81.4 Å². The van der Waals surface area contributed by atoms with Gasteiger partial charge in [0.05, 0.1) is 0 Å². The average molecular weight is 176 g/mol. The highest BCUT2D eigenvalue weighted by Crippen LogP contribution is 2.60. The van der Waals surface area contributed by atoms with Crippen molar-refractivity contribution < 1.29 is 0 Å². The van der Waals surface area contributed by atoms with Crippen molar-refractivity contribution in [2.45, 2.75) is 45.4 Å². The second kappa shape index (κ2) is 2.87. The lowest BCUT2D eigenvalue weighted by Gasteiger charge is -2.25. The largest absolute Gasteiger partial charge is 0.0853 e. The SMILES string of the molecule is CC/C=C1\CC[C@@H]2[C@@H]3CC[C@H](C3)[C@@H]12. The monoisotopic (exact) mass is 176 g/mol. The topological polar surface area (TPSA) is 0 Å². The zero-order chi connectivity index (χ0) is 8.84. The van der Waals surface area contributed by atoms with Crippen molar-refractivity contribution in [3.63, 3.8) is 0 Å². The van der Waals surface area contributed by atoms with Crippen LogP contribution in [-0.4, -0.2) is 0 Å². The van der Waals surface area contributed by atoms with Gasteiger partial charge >= 0.3 is 0 Å². The molecule has 2 bridgehead atoms. The Hall–Kier alpha value is -0.260. The molecule has 0 saturated heterocycles. The molecule has 0 spiro atoms. The fourth-order valence-electron chi connectivity index (χ4n) is 4.40. The fraction of sp³-hybridized carbons (Fsp3) is 0.846. The first-order valence-corrected chi connectivity index (χ1v) is 6.09. The predicted octanol–water partition coefficient (Wildman–Crippen LogP) is 3.78. The van der Waals surface area contributed by atoms with Gasteiger partial charge < -0.3 is 0 Å². The molecule has 0 radical (unpaired) electrons. The lowest BCUT2D eigenvalue weighted by atomic mass is 9.80. The third-order valence-electron chi connectivity index (χ3n) is 4.75.